The van der Waals surface area contributed by atoms with Gasteiger partial charge in [0.25, 0.3) is 0 Å². The molecule has 0 aliphatic heterocycles. The van der Waals surface area contributed by atoms with Gasteiger partial charge in [-0.1, -0.05) is 29.3 Å². The molecule has 144 valence electrons. The van der Waals surface area contributed by atoms with Crippen LogP contribution in [0.3, 0.4) is 0 Å². The van der Waals surface area contributed by atoms with Crippen LogP contribution in [0.2, 0.25) is 0 Å². The molecule has 3 aromatic rings. The maximum atomic E-state index is 12.1. The lowest BCUT2D eigenvalue weighted by molar-refractivity contribution is -0.111. The first-order valence-corrected chi connectivity index (χ1v) is 9.80. The standard InChI is InChI=1S/C22H20BrNO4/c1-2-3-12-27-22(26)15-4-7-18(8-5-15)24-21(25)11-9-19-14-16-13-17(23)6-10-20(16)28-19/h4-11,13-14H,2-3,12H2,1H3,(H,24,25). The number of nitrogens with one attached hydrogen (secondary N) is 1. The highest BCUT2D eigenvalue weighted by Gasteiger charge is 2.07. The average Bonchev–Trinajstić information content (AvgIpc) is 3.09. The average molecular weight is 442 g/mol. The van der Waals surface area contributed by atoms with E-state index in [1.54, 1.807) is 30.3 Å². The predicted molar refractivity (Wildman–Crippen MR) is 113 cm³/mol. The Balaban J connectivity index is 1.57. The Kier molecular flexibility index (Phi) is 6.66. The van der Waals surface area contributed by atoms with Gasteiger partial charge < -0.3 is 14.5 Å². The minimum atomic E-state index is -0.359. The minimum absolute atomic E-state index is 0.292. The molecule has 0 unspecified atom stereocenters. The molecule has 0 saturated heterocycles. The zero-order valence-electron chi connectivity index (χ0n) is 15.4. The molecule has 1 aromatic heterocycles. The number of benzene rings is 2. The number of rotatable bonds is 7. The van der Waals surface area contributed by atoms with Crippen LogP contribution in [0.25, 0.3) is 17.0 Å². The molecule has 1 N–H and O–H groups in total. The Morgan fingerprint density at radius 2 is 1.93 bits per heavy atom. The van der Waals surface area contributed by atoms with Gasteiger partial charge in [-0.15, -0.1) is 0 Å². The fourth-order valence-electron chi connectivity index (χ4n) is 2.54. The van der Waals surface area contributed by atoms with E-state index in [2.05, 4.69) is 21.2 Å². The minimum Gasteiger partial charge on any atom is -0.462 e. The molecule has 0 bridgehead atoms. The summed E-state index contributed by atoms with van der Waals surface area (Å²) in [5.41, 5.74) is 1.80. The van der Waals surface area contributed by atoms with Crippen LogP contribution in [0.5, 0.6) is 0 Å². The first kappa shape index (κ1) is 19.9. The van der Waals surface area contributed by atoms with Gasteiger partial charge in [0.15, 0.2) is 0 Å². The van der Waals surface area contributed by atoms with E-state index in [1.807, 2.05) is 31.2 Å². The molecule has 0 saturated carbocycles. The molecule has 28 heavy (non-hydrogen) atoms. The fraction of sp³-hybridized carbons (Fsp3) is 0.182. The summed E-state index contributed by atoms with van der Waals surface area (Å²) in [6.07, 6.45) is 4.83. The molecule has 1 amide bonds. The monoisotopic (exact) mass is 441 g/mol. The summed E-state index contributed by atoms with van der Waals surface area (Å²) >= 11 is 3.42. The van der Waals surface area contributed by atoms with Crippen molar-refractivity contribution in [1.29, 1.82) is 0 Å². The van der Waals surface area contributed by atoms with Gasteiger partial charge in [0, 0.05) is 21.6 Å². The molecular weight excluding hydrogens is 422 g/mol. The van der Waals surface area contributed by atoms with E-state index >= 15 is 0 Å². The van der Waals surface area contributed by atoms with Crippen LogP contribution in [-0.2, 0) is 9.53 Å². The van der Waals surface area contributed by atoms with Crippen molar-refractivity contribution in [3.63, 3.8) is 0 Å². The number of furan rings is 1. The van der Waals surface area contributed by atoms with Gasteiger partial charge in [-0.2, -0.15) is 0 Å². The second-order valence-corrected chi connectivity index (χ2v) is 7.14. The van der Waals surface area contributed by atoms with Crippen molar-refractivity contribution < 1.29 is 18.7 Å². The Hall–Kier alpha value is -2.86. The summed E-state index contributed by atoms with van der Waals surface area (Å²) in [6.45, 7) is 2.45. The highest BCUT2D eigenvalue weighted by atomic mass is 79.9. The summed E-state index contributed by atoms with van der Waals surface area (Å²) < 4.78 is 11.8. The van der Waals surface area contributed by atoms with Crippen molar-refractivity contribution in [2.24, 2.45) is 0 Å². The lowest BCUT2D eigenvalue weighted by atomic mass is 10.2. The summed E-state index contributed by atoms with van der Waals surface area (Å²) in [4.78, 5) is 24.0. The number of hydrogen-bond donors (Lipinski definition) is 1. The van der Waals surface area contributed by atoms with Crippen LogP contribution in [0, 0.1) is 0 Å². The molecule has 6 heteroatoms. The molecule has 0 atom stereocenters. The zero-order chi connectivity index (χ0) is 19.9. The van der Waals surface area contributed by atoms with Gasteiger partial charge in [0.05, 0.1) is 12.2 Å². The first-order chi connectivity index (χ1) is 13.5. The highest BCUT2D eigenvalue weighted by Crippen LogP contribution is 2.24. The number of anilines is 1. The Labute approximate surface area is 171 Å². The number of fused-ring (bicyclic) bond motifs is 1. The zero-order valence-corrected chi connectivity index (χ0v) is 17.0. The number of amides is 1. The third kappa shape index (κ3) is 5.33. The van der Waals surface area contributed by atoms with Gasteiger partial charge in [-0.3, -0.25) is 4.79 Å². The Morgan fingerprint density at radius 1 is 1.14 bits per heavy atom. The molecular formula is C22H20BrNO4. The summed E-state index contributed by atoms with van der Waals surface area (Å²) in [6, 6.07) is 14.2. The van der Waals surface area contributed by atoms with Gasteiger partial charge in [0.1, 0.15) is 11.3 Å². The summed E-state index contributed by atoms with van der Waals surface area (Å²) in [5, 5.41) is 3.70. The summed E-state index contributed by atoms with van der Waals surface area (Å²) in [7, 11) is 0. The fourth-order valence-corrected chi connectivity index (χ4v) is 2.92. The van der Waals surface area contributed by atoms with Crippen LogP contribution in [0.1, 0.15) is 35.9 Å². The van der Waals surface area contributed by atoms with Crippen molar-refractivity contribution >= 4 is 50.5 Å². The molecule has 2 aromatic carbocycles. The van der Waals surface area contributed by atoms with Crippen LogP contribution >= 0.6 is 15.9 Å². The highest BCUT2D eigenvalue weighted by molar-refractivity contribution is 9.10. The summed E-state index contributed by atoms with van der Waals surface area (Å²) in [5.74, 6) is -0.0592. The molecule has 1 heterocycles. The van der Waals surface area contributed by atoms with E-state index in [1.165, 1.54) is 6.08 Å². The quantitative estimate of drug-likeness (QED) is 0.285. The molecule has 0 spiro atoms. The van der Waals surface area contributed by atoms with Crippen LogP contribution in [0.15, 0.2) is 63.5 Å². The second kappa shape index (κ2) is 9.37. The van der Waals surface area contributed by atoms with E-state index in [9.17, 15) is 9.59 Å². The first-order valence-electron chi connectivity index (χ1n) is 9.00. The van der Waals surface area contributed by atoms with Crippen LogP contribution in [-0.4, -0.2) is 18.5 Å². The number of unbranched alkanes of at least 4 members (excludes halogenated alkanes) is 1. The number of esters is 1. The van der Waals surface area contributed by atoms with Crippen LogP contribution in [0.4, 0.5) is 5.69 Å². The van der Waals surface area contributed by atoms with Crippen molar-refractivity contribution in [1.82, 2.24) is 0 Å². The van der Waals surface area contributed by atoms with Crippen molar-refractivity contribution in [3.8, 4) is 0 Å². The van der Waals surface area contributed by atoms with E-state index in [-0.39, 0.29) is 11.9 Å². The third-order valence-corrected chi connectivity index (χ3v) is 4.51. The number of ether oxygens (including phenoxy) is 1. The van der Waals surface area contributed by atoms with Crippen molar-refractivity contribution in [2.45, 2.75) is 19.8 Å². The Morgan fingerprint density at radius 3 is 2.68 bits per heavy atom. The lowest BCUT2D eigenvalue weighted by Crippen LogP contribution is -2.09. The van der Waals surface area contributed by atoms with E-state index < -0.39 is 0 Å². The van der Waals surface area contributed by atoms with Gasteiger partial charge in [-0.05, 0) is 61.0 Å². The maximum absolute atomic E-state index is 12.1. The van der Waals surface area contributed by atoms with E-state index in [0.717, 1.165) is 28.3 Å². The number of hydrogen-bond acceptors (Lipinski definition) is 4. The SMILES string of the molecule is CCCCOC(=O)c1ccc(NC(=O)C=Cc2cc3cc(Br)ccc3o2)cc1. The topological polar surface area (TPSA) is 68.5 Å². The molecule has 3 rings (SSSR count). The number of carbonyl (C=O) groups excluding carboxylic acids is 2. The molecule has 0 aliphatic carbocycles. The normalized spacial score (nSPS) is 11.1. The number of carbonyl (C=O) groups is 2. The predicted octanol–water partition coefficient (Wildman–Crippen LogP) is 5.80. The maximum Gasteiger partial charge on any atom is 0.338 e. The molecule has 5 nitrogen and oxygen atoms in total. The molecule has 0 radical (unpaired) electrons. The smallest absolute Gasteiger partial charge is 0.338 e. The number of halogens is 1. The lowest BCUT2D eigenvalue weighted by Gasteiger charge is -2.05. The third-order valence-electron chi connectivity index (χ3n) is 4.02. The van der Waals surface area contributed by atoms with Crippen LogP contribution < -0.4 is 5.32 Å². The van der Waals surface area contributed by atoms with E-state index in [0.29, 0.717) is 23.6 Å². The molecule has 0 fully saturated rings. The largest absolute Gasteiger partial charge is 0.462 e. The van der Waals surface area contributed by atoms with E-state index in [4.69, 9.17) is 9.15 Å². The Bertz CT molecular complexity index is 1010. The second-order valence-electron chi connectivity index (χ2n) is 6.22. The van der Waals surface area contributed by atoms with Gasteiger partial charge in [-0.25, -0.2) is 4.79 Å². The van der Waals surface area contributed by atoms with Crippen molar-refractivity contribution in [2.75, 3.05) is 11.9 Å². The molecule has 0 aliphatic rings. The van der Waals surface area contributed by atoms with Crippen molar-refractivity contribution in [3.05, 3.63) is 70.4 Å². The van der Waals surface area contributed by atoms with Gasteiger partial charge in [0.2, 0.25) is 5.91 Å². The van der Waals surface area contributed by atoms with Gasteiger partial charge >= 0.3 is 5.97 Å².